The van der Waals surface area contributed by atoms with Crippen LogP contribution >= 0.6 is 23.2 Å². The lowest BCUT2D eigenvalue weighted by Crippen LogP contribution is -2.22. The summed E-state index contributed by atoms with van der Waals surface area (Å²) in [5, 5.41) is 20.7. The van der Waals surface area contributed by atoms with E-state index in [-0.39, 0.29) is 45.1 Å². The van der Waals surface area contributed by atoms with Crippen LogP contribution in [-0.4, -0.2) is 21.8 Å². The molecule has 0 aliphatic heterocycles. The molecule has 0 fully saturated rings. The summed E-state index contributed by atoms with van der Waals surface area (Å²) >= 11 is 11.6. The fraction of sp³-hybridized carbons (Fsp3) is 0.125. The first-order valence-electron chi connectivity index (χ1n) is 6.42. The van der Waals surface area contributed by atoms with E-state index in [4.69, 9.17) is 23.2 Å². The third-order valence-corrected chi connectivity index (χ3v) is 4.33. The lowest BCUT2D eigenvalue weighted by molar-refractivity contribution is 0.0974. The maximum absolute atomic E-state index is 12.6. The molecular formula is C16H10Cl2O4. The number of hydrogen-bond donors (Lipinski definition) is 2. The Labute approximate surface area is 135 Å². The molecule has 0 atom stereocenters. The number of fused-ring (bicyclic) bond motifs is 2. The van der Waals surface area contributed by atoms with E-state index in [1.54, 1.807) is 12.1 Å². The van der Waals surface area contributed by atoms with Crippen LogP contribution in [0.25, 0.3) is 0 Å². The molecule has 0 aromatic heterocycles. The molecule has 2 aromatic carbocycles. The average Bonchev–Trinajstić information content (AvgIpc) is 2.53. The van der Waals surface area contributed by atoms with Crippen molar-refractivity contribution >= 4 is 34.8 Å². The van der Waals surface area contributed by atoms with Gasteiger partial charge in [-0.2, -0.15) is 0 Å². The van der Waals surface area contributed by atoms with Gasteiger partial charge in [0.15, 0.2) is 11.6 Å². The number of rotatable bonds is 2. The number of ketones is 2. The quantitative estimate of drug-likeness (QED) is 0.555. The first-order chi connectivity index (χ1) is 10.5. The molecule has 6 heteroatoms. The molecule has 22 heavy (non-hydrogen) atoms. The molecule has 3 rings (SSSR count). The molecule has 112 valence electrons. The second-order valence-electron chi connectivity index (χ2n) is 4.88. The van der Waals surface area contributed by atoms with Crippen LogP contribution in [0.2, 0.25) is 0 Å². The van der Waals surface area contributed by atoms with E-state index in [1.807, 2.05) is 0 Å². The number of aromatic hydroxyl groups is 2. The Bertz CT molecular complexity index is 759. The average molecular weight is 337 g/mol. The van der Waals surface area contributed by atoms with Gasteiger partial charge in [-0.1, -0.05) is 24.3 Å². The van der Waals surface area contributed by atoms with Crippen molar-refractivity contribution in [2.75, 3.05) is 0 Å². The first kappa shape index (κ1) is 14.9. The van der Waals surface area contributed by atoms with E-state index in [9.17, 15) is 19.8 Å². The van der Waals surface area contributed by atoms with Crippen LogP contribution in [0.15, 0.2) is 24.3 Å². The summed E-state index contributed by atoms with van der Waals surface area (Å²) in [5.41, 5.74) is 0.265. The predicted molar refractivity (Wildman–Crippen MR) is 82.2 cm³/mol. The van der Waals surface area contributed by atoms with Crippen molar-refractivity contribution in [1.82, 2.24) is 0 Å². The normalized spacial score (nSPS) is 13.0. The first-order valence-corrected chi connectivity index (χ1v) is 7.49. The van der Waals surface area contributed by atoms with E-state index < -0.39 is 23.1 Å². The van der Waals surface area contributed by atoms with Crippen LogP contribution in [0.1, 0.15) is 43.0 Å². The monoisotopic (exact) mass is 336 g/mol. The smallest absolute Gasteiger partial charge is 0.198 e. The molecule has 1 aliphatic carbocycles. The van der Waals surface area contributed by atoms with Crippen molar-refractivity contribution < 1.29 is 19.8 Å². The van der Waals surface area contributed by atoms with Crippen LogP contribution in [0.4, 0.5) is 0 Å². The molecule has 0 saturated carbocycles. The van der Waals surface area contributed by atoms with Crippen molar-refractivity contribution in [1.29, 1.82) is 0 Å². The van der Waals surface area contributed by atoms with Gasteiger partial charge in [0.25, 0.3) is 0 Å². The molecule has 0 spiro atoms. The van der Waals surface area contributed by atoms with Gasteiger partial charge in [0.2, 0.25) is 0 Å². The number of benzene rings is 2. The molecule has 1 aliphatic rings. The molecule has 0 heterocycles. The molecule has 0 saturated heterocycles. The van der Waals surface area contributed by atoms with Gasteiger partial charge in [-0.25, -0.2) is 0 Å². The third-order valence-electron chi connectivity index (χ3n) is 3.80. The Morgan fingerprint density at radius 3 is 1.45 bits per heavy atom. The van der Waals surface area contributed by atoms with Gasteiger partial charge >= 0.3 is 0 Å². The number of carbonyl (C=O) groups excluding carboxylic acids is 2. The second-order valence-corrected chi connectivity index (χ2v) is 5.41. The molecular weight excluding hydrogens is 327 g/mol. The van der Waals surface area contributed by atoms with Crippen molar-refractivity contribution in [2.45, 2.75) is 11.8 Å². The number of alkyl halides is 2. The van der Waals surface area contributed by atoms with Gasteiger partial charge in [0.1, 0.15) is 11.5 Å². The topological polar surface area (TPSA) is 74.6 Å². The van der Waals surface area contributed by atoms with Crippen molar-refractivity contribution in [3.63, 3.8) is 0 Å². The van der Waals surface area contributed by atoms with Gasteiger partial charge in [0, 0.05) is 22.3 Å². The molecule has 0 unspecified atom stereocenters. The van der Waals surface area contributed by atoms with Gasteiger partial charge in [0.05, 0.1) is 22.9 Å². The highest BCUT2D eigenvalue weighted by Gasteiger charge is 2.37. The molecule has 0 amide bonds. The Kier molecular flexibility index (Phi) is 3.59. The number of hydrogen-bond acceptors (Lipinski definition) is 4. The number of phenolic OH excluding ortho intramolecular Hbond substituents is 2. The largest absolute Gasteiger partial charge is 0.507 e. The van der Waals surface area contributed by atoms with E-state index in [1.165, 1.54) is 12.1 Å². The maximum atomic E-state index is 12.6. The van der Waals surface area contributed by atoms with E-state index in [0.717, 1.165) is 0 Å². The highest BCUT2D eigenvalue weighted by Crippen LogP contribution is 2.43. The lowest BCUT2D eigenvalue weighted by Gasteiger charge is -2.22. The second kappa shape index (κ2) is 5.30. The summed E-state index contributed by atoms with van der Waals surface area (Å²) in [5.74, 6) is -2.12. The fourth-order valence-electron chi connectivity index (χ4n) is 2.70. The minimum absolute atomic E-state index is 0.141. The summed E-state index contributed by atoms with van der Waals surface area (Å²) in [7, 11) is 0. The van der Waals surface area contributed by atoms with E-state index in [2.05, 4.69) is 0 Å². The number of halogens is 2. The molecule has 0 radical (unpaired) electrons. The van der Waals surface area contributed by atoms with Crippen LogP contribution in [0, 0.1) is 0 Å². The van der Waals surface area contributed by atoms with Crippen LogP contribution < -0.4 is 0 Å². The predicted octanol–water partition coefficient (Wildman–Crippen LogP) is 3.35. The minimum Gasteiger partial charge on any atom is -0.507 e. The van der Waals surface area contributed by atoms with Gasteiger partial charge < -0.3 is 10.2 Å². The Morgan fingerprint density at radius 1 is 0.773 bits per heavy atom. The number of phenols is 2. The summed E-state index contributed by atoms with van der Waals surface area (Å²) in [6, 6.07) is 6.26. The Morgan fingerprint density at radius 2 is 1.14 bits per heavy atom. The van der Waals surface area contributed by atoms with E-state index in [0.29, 0.717) is 0 Å². The lowest BCUT2D eigenvalue weighted by atomic mass is 9.81. The van der Waals surface area contributed by atoms with Crippen molar-refractivity contribution in [3.05, 3.63) is 57.6 Å². The minimum atomic E-state index is -0.523. The van der Waals surface area contributed by atoms with Crippen molar-refractivity contribution in [2.24, 2.45) is 0 Å². The Balaban J connectivity index is 2.43. The standard InChI is InChI=1S/C16H10Cl2O4/c17-5-9-10(6-18)16(22)12-11(15(9)21)13(19)7-3-1-2-4-8(7)14(12)20/h1-4,21-22H,5-6H2. The summed E-state index contributed by atoms with van der Waals surface area (Å²) < 4.78 is 0. The summed E-state index contributed by atoms with van der Waals surface area (Å²) in [6.45, 7) is 0. The zero-order valence-corrected chi connectivity index (χ0v) is 12.7. The SMILES string of the molecule is O=C1c2ccccc2C(=O)c2c(O)c(CCl)c(CCl)c(O)c21. The molecule has 0 bridgehead atoms. The maximum Gasteiger partial charge on any atom is 0.198 e. The summed E-state index contributed by atoms with van der Waals surface area (Å²) in [6.07, 6.45) is 0. The van der Waals surface area contributed by atoms with Gasteiger partial charge in [-0.3, -0.25) is 9.59 Å². The number of carbonyl (C=O) groups is 2. The van der Waals surface area contributed by atoms with Crippen LogP contribution in [0.3, 0.4) is 0 Å². The highest BCUT2D eigenvalue weighted by molar-refractivity contribution is 6.31. The summed E-state index contributed by atoms with van der Waals surface area (Å²) in [4.78, 5) is 25.2. The van der Waals surface area contributed by atoms with Gasteiger partial charge in [-0.15, -0.1) is 23.2 Å². The molecule has 4 nitrogen and oxygen atoms in total. The molecule has 2 aromatic rings. The van der Waals surface area contributed by atoms with E-state index >= 15 is 0 Å². The van der Waals surface area contributed by atoms with Crippen molar-refractivity contribution in [3.8, 4) is 11.5 Å². The van der Waals surface area contributed by atoms with Gasteiger partial charge in [-0.05, 0) is 0 Å². The molecule has 2 N–H and O–H groups in total. The highest BCUT2D eigenvalue weighted by atomic mass is 35.5. The van der Waals surface area contributed by atoms with Crippen LogP contribution in [-0.2, 0) is 11.8 Å². The van der Waals surface area contributed by atoms with Crippen LogP contribution in [0.5, 0.6) is 11.5 Å². The zero-order valence-electron chi connectivity index (χ0n) is 11.2. The zero-order chi connectivity index (χ0) is 16.0. The fourth-order valence-corrected chi connectivity index (χ4v) is 3.28. The Hall–Kier alpha value is -2.04. The third kappa shape index (κ3) is 1.84.